The van der Waals surface area contributed by atoms with E-state index in [1.54, 1.807) is 0 Å². The Bertz CT molecular complexity index is 643. The third-order valence-electron chi connectivity index (χ3n) is 3.32. The highest BCUT2D eigenvalue weighted by molar-refractivity contribution is 6.12. The van der Waals surface area contributed by atoms with Gasteiger partial charge < -0.3 is 39.1 Å². The Morgan fingerprint density at radius 2 is 1.33 bits per heavy atom. The minimum absolute atomic E-state index is 0.00921. The number of carbonyl (C=O) groups is 2. The van der Waals surface area contributed by atoms with Crippen LogP contribution >= 0.6 is 0 Å². The van der Waals surface area contributed by atoms with Gasteiger partial charge in [-0.2, -0.15) is 0 Å². The lowest BCUT2D eigenvalue weighted by atomic mass is 9.86. The first kappa shape index (κ1) is 14.6. The molecule has 0 bridgehead atoms. The lowest BCUT2D eigenvalue weighted by molar-refractivity contribution is -0.138. The maximum absolute atomic E-state index is 11.7. The van der Waals surface area contributed by atoms with Gasteiger partial charge in [0.25, 0.3) is 0 Å². The molecule has 2 rings (SSSR count). The Morgan fingerprint density at radius 1 is 0.857 bits per heavy atom. The molecule has 13 N–H and O–H groups in total. The van der Waals surface area contributed by atoms with Crippen LogP contribution in [0.2, 0.25) is 0 Å². The predicted octanol–water partition coefficient (Wildman–Crippen LogP) is -3.69. The number of carbonyl (C=O) groups excluding carboxylic acids is 2. The van der Waals surface area contributed by atoms with Crippen LogP contribution in [0.15, 0.2) is 33.9 Å². The minimum atomic E-state index is -1.21. The summed E-state index contributed by atoms with van der Waals surface area (Å²) in [6, 6.07) is -2.30. The molecule has 0 radical (unpaired) electrons. The van der Waals surface area contributed by atoms with Gasteiger partial charge in [0, 0.05) is 11.1 Å². The SMILES string of the molecule is N=C1OC(=O)C(N)C(N)C1=C1C(N)=C(N)C(=O)C(N)=C1N. The zero-order valence-corrected chi connectivity index (χ0v) is 10.8. The van der Waals surface area contributed by atoms with Gasteiger partial charge in [0.15, 0.2) is 0 Å². The monoisotopic (exact) mass is 293 g/mol. The first-order valence-electron chi connectivity index (χ1n) is 5.80. The molecule has 1 fully saturated rings. The van der Waals surface area contributed by atoms with Gasteiger partial charge in [-0.15, -0.1) is 0 Å². The molecule has 0 amide bonds. The van der Waals surface area contributed by atoms with Crippen LogP contribution < -0.4 is 34.4 Å². The highest BCUT2D eigenvalue weighted by Crippen LogP contribution is 2.29. The fourth-order valence-corrected chi connectivity index (χ4v) is 2.08. The molecule has 21 heavy (non-hydrogen) atoms. The van der Waals surface area contributed by atoms with Gasteiger partial charge in [0.1, 0.15) is 17.4 Å². The first-order valence-corrected chi connectivity index (χ1v) is 5.80. The number of rotatable bonds is 0. The van der Waals surface area contributed by atoms with E-state index in [0.29, 0.717) is 0 Å². The Morgan fingerprint density at radius 3 is 1.81 bits per heavy atom. The maximum Gasteiger partial charge on any atom is 0.331 e. The standard InChI is InChI=1S/C11H15N7O3/c12-3-1(4(13)7(16)9(19)6(3)15)2-5(14)8(17)11(20)21-10(2)18/h5,8,18H,12-17H2. The molecule has 1 aliphatic carbocycles. The van der Waals surface area contributed by atoms with Crippen LogP contribution in [0.25, 0.3) is 0 Å². The van der Waals surface area contributed by atoms with Crippen molar-refractivity contribution in [2.24, 2.45) is 34.4 Å². The van der Waals surface area contributed by atoms with E-state index in [0.717, 1.165) is 0 Å². The molecule has 1 heterocycles. The van der Waals surface area contributed by atoms with E-state index in [4.69, 9.17) is 39.8 Å². The topological polar surface area (TPSA) is 223 Å². The smallest absolute Gasteiger partial charge is 0.331 e. The van der Waals surface area contributed by atoms with E-state index in [2.05, 4.69) is 4.74 Å². The van der Waals surface area contributed by atoms with Gasteiger partial charge >= 0.3 is 5.97 Å². The molecular weight excluding hydrogens is 278 g/mol. The summed E-state index contributed by atoms with van der Waals surface area (Å²) in [6.45, 7) is 0. The van der Waals surface area contributed by atoms with Crippen LogP contribution in [0.4, 0.5) is 0 Å². The minimum Gasteiger partial charge on any atom is -0.406 e. The zero-order chi connectivity index (χ0) is 16.1. The number of hydrogen-bond donors (Lipinski definition) is 7. The molecule has 0 aromatic carbocycles. The van der Waals surface area contributed by atoms with Gasteiger partial charge in [-0.25, -0.2) is 4.79 Å². The number of nitrogens with two attached hydrogens (primary N) is 6. The normalized spacial score (nSPS) is 27.4. The van der Waals surface area contributed by atoms with Crippen molar-refractivity contribution in [3.05, 3.63) is 33.9 Å². The van der Waals surface area contributed by atoms with Crippen LogP contribution in [0, 0.1) is 5.41 Å². The maximum atomic E-state index is 11.7. The summed E-state index contributed by atoms with van der Waals surface area (Å²) in [5.74, 6) is -2.13. The molecule has 2 atom stereocenters. The summed E-state index contributed by atoms with van der Waals surface area (Å²) in [7, 11) is 0. The van der Waals surface area contributed by atoms with Crippen molar-refractivity contribution in [2.45, 2.75) is 12.1 Å². The number of ether oxygens (including phenoxy) is 1. The number of hydrogen-bond acceptors (Lipinski definition) is 10. The van der Waals surface area contributed by atoms with Crippen molar-refractivity contribution >= 4 is 17.7 Å². The van der Waals surface area contributed by atoms with Gasteiger partial charge in [0.05, 0.1) is 17.4 Å². The Labute approximate surface area is 118 Å². The van der Waals surface area contributed by atoms with Gasteiger partial charge in [0.2, 0.25) is 11.7 Å². The van der Waals surface area contributed by atoms with Crippen molar-refractivity contribution in [3.63, 3.8) is 0 Å². The van der Waals surface area contributed by atoms with Crippen LogP contribution in [0.3, 0.4) is 0 Å². The molecule has 0 saturated carbocycles. The molecule has 0 aromatic heterocycles. The van der Waals surface area contributed by atoms with Crippen LogP contribution in [-0.2, 0) is 14.3 Å². The van der Waals surface area contributed by atoms with Crippen molar-refractivity contribution in [2.75, 3.05) is 0 Å². The van der Waals surface area contributed by atoms with E-state index in [1.807, 2.05) is 0 Å². The van der Waals surface area contributed by atoms with Crippen molar-refractivity contribution < 1.29 is 14.3 Å². The Balaban J connectivity index is 2.74. The molecule has 10 nitrogen and oxygen atoms in total. The summed E-state index contributed by atoms with van der Waals surface area (Å²) >= 11 is 0. The number of cyclic esters (lactones) is 1. The van der Waals surface area contributed by atoms with Gasteiger partial charge in [-0.3, -0.25) is 10.2 Å². The summed E-state index contributed by atoms with van der Waals surface area (Å²) in [5, 5.41) is 7.74. The second kappa shape index (κ2) is 4.61. The molecule has 10 heteroatoms. The van der Waals surface area contributed by atoms with E-state index in [-0.39, 0.29) is 33.9 Å². The number of Topliss-reactive ketones (excluding diaryl/α,β-unsaturated/α-hetero) is 1. The number of ketones is 1. The summed E-state index contributed by atoms with van der Waals surface area (Å²) < 4.78 is 4.69. The molecule has 1 saturated heterocycles. The molecule has 1 aliphatic heterocycles. The summed E-state index contributed by atoms with van der Waals surface area (Å²) in [4.78, 5) is 23.1. The summed E-state index contributed by atoms with van der Waals surface area (Å²) in [5.41, 5.74) is 33.1. The second-order valence-corrected chi connectivity index (χ2v) is 4.57. The van der Waals surface area contributed by atoms with Crippen LogP contribution in [-0.4, -0.2) is 29.7 Å². The second-order valence-electron chi connectivity index (χ2n) is 4.57. The highest BCUT2D eigenvalue weighted by Gasteiger charge is 2.40. The fourth-order valence-electron chi connectivity index (χ4n) is 2.08. The average molecular weight is 293 g/mol. The van der Waals surface area contributed by atoms with Crippen LogP contribution in [0.5, 0.6) is 0 Å². The predicted molar refractivity (Wildman–Crippen MR) is 72.6 cm³/mol. The van der Waals surface area contributed by atoms with Crippen molar-refractivity contribution in [1.82, 2.24) is 0 Å². The van der Waals surface area contributed by atoms with E-state index < -0.39 is 29.7 Å². The van der Waals surface area contributed by atoms with E-state index in [1.165, 1.54) is 0 Å². The largest absolute Gasteiger partial charge is 0.406 e. The lowest BCUT2D eigenvalue weighted by Crippen LogP contribution is -2.55. The molecule has 2 aliphatic rings. The number of esters is 1. The highest BCUT2D eigenvalue weighted by atomic mass is 16.5. The molecule has 0 spiro atoms. The molecule has 112 valence electrons. The quantitative estimate of drug-likeness (QED) is 0.218. The Hall–Kier alpha value is -2.85. The summed E-state index contributed by atoms with van der Waals surface area (Å²) in [6.07, 6.45) is 0. The van der Waals surface area contributed by atoms with Crippen LogP contribution in [0.1, 0.15) is 0 Å². The van der Waals surface area contributed by atoms with Gasteiger partial charge in [-0.05, 0) is 0 Å². The number of nitrogens with one attached hydrogen (secondary N) is 1. The van der Waals surface area contributed by atoms with Gasteiger partial charge in [-0.1, -0.05) is 0 Å². The third kappa shape index (κ3) is 1.93. The average Bonchev–Trinajstić information content (AvgIpc) is 2.44. The Kier molecular flexibility index (Phi) is 3.20. The molecule has 2 unspecified atom stereocenters. The van der Waals surface area contributed by atoms with E-state index >= 15 is 0 Å². The molecule has 0 aromatic rings. The molecular formula is C11H15N7O3. The van der Waals surface area contributed by atoms with E-state index in [9.17, 15) is 9.59 Å². The van der Waals surface area contributed by atoms with Crippen molar-refractivity contribution in [1.29, 1.82) is 5.41 Å². The zero-order valence-electron chi connectivity index (χ0n) is 10.8. The van der Waals surface area contributed by atoms with Crippen molar-refractivity contribution in [3.8, 4) is 0 Å². The third-order valence-corrected chi connectivity index (χ3v) is 3.32. The fraction of sp³-hybridized carbons (Fsp3) is 0.182. The first-order chi connectivity index (χ1) is 9.68. The lowest BCUT2D eigenvalue weighted by Gasteiger charge is -2.31.